The van der Waals surface area contributed by atoms with Gasteiger partial charge in [-0.3, -0.25) is 4.79 Å². The Morgan fingerprint density at radius 1 is 1.44 bits per heavy atom. The SMILES string of the molecule is COC(=O)C(CN)C(C)c1ccc(F)cc1. The monoisotopic (exact) mass is 225 g/mol. The largest absolute Gasteiger partial charge is 0.469 e. The Bertz CT molecular complexity index is 351. The number of ether oxygens (including phenoxy) is 1. The average molecular weight is 225 g/mol. The Kier molecular flexibility index (Phi) is 4.43. The van der Waals surface area contributed by atoms with Gasteiger partial charge in [0, 0.05) is 6.54 Å². The smallest absolute Gasteiger partial charge is 0.310 e. The van der Waals surface area contributed by atoms with Crippen LogP contribution in [0.4, 0.5) is 4.39 Å². The Balaban J connectivity index is 2.86. The van der Waals surface area contributed by atoms with Crippen LogP contribution in [0.2, 0.25) is 0 Å². The van der Waals surface area contributed by atoms with E-state index in [1.807, 2.05) is 6.92 Å². The first-order valence-corrected chi connectivity index (χ1v) is 5.13. The van der Waals surface area contributed by atoms with Crippen molar-refractivity contribution in [3.05, 3.63) is 35.6 Å². The molecule has 0 aliphatic carbocycles. The fraction of sp³-hybridized carbons (Fsp3) is 0.417. The molecule has 0 spiro atoms. The molecule has 2 unspecified atom stereocenters. The predicted octanol–water partition coefficient (Wildman–Crippen LogP) is 1.68. The Morgan fingerprint density at radius 2 is 2.00 bits per heavy atom. The second-order valence-electron chi connectivity index (χ2n) is 3.71. The number of benzene rings is 1. The lowest BCUT2D eigenvalue weighted by Gasteiger charge is -2.20. The molecule has 0 aliphatic heterocycles. The molecule has 1 aromatic rings. The summed E-state index contributed by atoms with van der Waals surface area (Å²) in [4.78, 5) is 11.4. The molecule has 1 aromatic carbocycles. The van der Waals surface area contributed by atoms with Gasteiger partial charge in [-0.25, -0.2) is 4.39 Å². The van der Waals surface area contributed by atoms with Gasteiger partial charge in [-0.05, 0) is 23.6 Å². The Labute approximate surface area is 94.4 Å². The van der Waals surface area contributed by atoms with Gasteiger partial charge in [0.25, 0.3) is 0 Å². The minimum Gasteiger partial charge on any atom is -0.469 e. The molecule has 88 valence electrons. The molecule has 0 amide bonds. The molecule has 2 N–H and O–H groups in total. The number of rotatable bonds is 4. The molecule has 4 heteroatoms. The van der Waals surface area contributed by atoms with Crippen molar-refractivity contribution >= 4 is 5.97 Å². The minimum absolute atomic E-state index is 0.0851. The topological polar surface area (TPSA) is 52.3 Å². The summed E-state index contributed by atoms with van der Waals surface area (Å²) in [7, 11) is 1.34. The second kappa shape index (κ2) is 5.61. The van der Waals surface area contributed by atoms with Crippen molar-refractivity contribution in [2.45, 2.75) is 12.8 Å². The molecule has 0 bridgehead atoms. The van der Waals surface area contributed by atoms with Crippen LogP contribution in [-0.2, 0) is 9.53 Å². The quantitative estimate of drug-likeness (QED) is 0.793. The van der Waals surface area contributed by atoms with E-state index in [2.05, 4.69) is 4.74 Å². The number of esters is 1. The van der Waals surface area contributed by atoms with Crippen molar-refractivity contribution in [2.24, 2.45) is 11.7 Å². The molecule has 2 atom stereocenters. The Morgan fingerprint density at radius 3 is 2.44 bits per heavy atom. The summed E-state index contributed by atoms with van der Waals surface area (Å²) in [6.07, 6.45) is 0. The number of carbonyl (C=O) groups excluding carboxylic acids is 1. The third kappa shape index (κ3) is 2.79. The maximum Gasteiger partial charge on any atom is 0.310 e. The van der Waals surface area contributed by atoms with Crippen molar-refractivity contribution in [3.8, 4) is 0 Å². The highest BCUT2D eigenvalue weighted by molar-refractivity contribution is 5.73. The molecule has 3 nitrogen and oxygen atoms in total. The number of methoxy groups -OCH3 is 1. The fourth-order valence-corrected chi connectivity index (χ4v) is 1.65. The van der Waals surface area contributed by atoms with Gasteiger partial charge in [0.05, 0.1) is 13.0 Å². The van der Waals surface area contributed by atoms with Gasteiger partial charge in [0.2, 0.25) is 0 Å². The average Bonchev–Trinajstić information content (AvgIpc) is 2.30. The summed E-state index contributed by atoms with van der Waals surface area (Å²) in [5, 5.41) is 0. The number of carbonyl (C=O) groups is 1. The molecule has 0 fully saturated rings. The van der Waals surface area contributed by atoms with E-state index >= 15 is 0 Å². The van der Waals surface area contributed by atoms with Gasteiger partial charge in [-0.1, -0.05) is 19.1 Å². The van der Waals surface area contributed by atoms with Gasteiger partial charge < -0.3 is 10.5 Å². The van der Waals surface area contributed by atoms with E-state index in [0.29, 0.717) is 0 Å². The van der Waals surface area contributed by atoms with Crippen LogP contribution in [0, 0.1) is 11.7 Å². The number of nitrogens with two attached hydrogens (primary N) is 1. The molecule has 0 saturated carbocycles. The molecular weight excluding hydrogens is 209 g/mol. The van der Waals surface area contributed by atoms with E-state index < -0.39 is 5.92 Å². The highest BCUT2D eigenvalue weighted by Crippen LogP contribution is 2.24. The van der Waals surface area contributed by atoms with Crippen LogP contribution in [0.25, 0.3) is 0 Å². The van der Waals surface area contributed by atoms with E-state index in [9.17, 15) is 9.18 Å². The molecular formula is C12H16FNO2. The minimum atomic E-state index is -0.393. The molecule has 0 aromatic heterocycles. The van der Waals surface area contributed by atoms with Gasteiger partial charge in [-0.2, -0.15) is 0 Å². The number of halogens is 1. The van der Waals surface area contributed by atoms with Crippen LogP contribution in [-0.4, -0.2) is 19.6 Å². The molecule has 16 heavy (non-hydrogen) atoms. The van der Waals surface area contributed by atoms with E-state index in [1.54, 1.807) is 12.1 Å². The zero-order chi connectivity index (χ0) is 12.1. The van der Waals surface area contributed by atoms with Gasteiger partial charge in [-0.15, -0.1) is 0 Å². The lowest BCUT2D eigenvalue weighted by molar-refractivity contribution is -0.145. The lowest BCUT2D eigenvalue weighted by Crippen LogP contribution is -2.29. The maximum atomic E-state index is 12.7. The molecule has 0 saturated heterocycles. The third-order valence-electron chi connectivity index (χ3n) is 2.76. The van der Waals surface area contributed by atoms with E-state index in [0.717, 1.165) is 5.56 Å². The van der Waals surface area contributed by atoms with Crippen LogP contribution in [0.15, 0.2) is 24.3 Å². The first-order chi connectivity index (χ1) is 7.60. The summed E-state index contributed by atoms with van der Waals surface area (Å²) < 4.78 is 17.4. The van der Waals surface area contributed by atoms with Crippen LogP contribution in [0.5, 0.6) is 0 Å². The van der Waals surface area contributed by atoms with E-state index in [4.69, 9.17) is 5.73 Å². The van der Waals surface area contributed by atoms with Crippen molar-refractivity contribution < 1.29 is 13.9 Å². The van der Waals surface area contributed by atoms with Crippen molar-refractivity contribution in [1.29, 1.82) is 0 Å². The standard InChI is InChI=1S/C12H16FNO2/c1-8(11(7-14)12(15)16-2)9-3-5-10(13)6-4-9/h3-6,8,11H,7,14H2,1-2H3. The number of hydrogen-bond donors (Lipinski definition) is 1. The van der Waals surface area contributed by atoms with E-state index in [1.165, 1.54) is 19.2 Å². The van der Waals surface area contributed by atoms with Crippen LogP contribution in [0.3, 0.4) is 0 Å². The predicted molar refractivity (Wildman–Crippen MR) is 59.4 cm³/mol. The number of hydrogen-bond acceptors (Lipinski definition) is 3. The summed E-state index contributed by atoms with van der Waals surface area (Å²) in [5.74, 6) is -1.11. The normalized spacial score (nSPS) is 14.2. The van der Waals surface area contributed by atoms with Gasteiger partial charge in [0.1, 0.15) is 5.82 Å². The highest BCUT2D eigenvalue weighted by atomic mass is 19.1. The first-order valence-electron chi connectivity index (χ1n) is 5.13. The van der Waals surface area contributed by atoms with Gasteiger partial charge in [0.15, 0.2) is 0 Å². The zero-order valence-electron chi connectivity index (χ0n) is 9.44. The molecule has 1 rings (SSSR count). The first kappa shape index (κ1) is 12.6. The summed E-state index contributed by atoms with van der Waals surface area (Å²) in [6, 6.07) is 6.06. The van der Waals surface area contributed by atoms with Crippen molar-refractivity contribution in [3.63, 3.8) is 0 Å². The van der Waals surface area contributed by atoms with E-state index in [-0.39, 0.29) is 24.2 Å². The fourth-order valence-electron chi connectivity index (χ4n) is 1.65. The zero-order valence-corrected chi connectivity index (χ0v) is 9.44. The summed E-state index contributed by atoms with van der Waals surface area (Å²) in [6.45, 7) is 2.09. The molecule has 0 aliphatic rings. The highest BCUT2D eigenvalue weighted by Gasteiger charge is 2.25. The van der Waals surface area contributed by atoms with Crippen molar-refractivity contribution in [2.75, 3.05) is 13.7 Å². The van der Waals surface area contributed by atoms with Crippen molar-refractivity contribution in [1.82, 2.24) is 0 Å². The van der Waals surface area contributed by atoms with Gasteiger partial charge >= 0.3 is 5.97 Å². The molecule has 0 radical (unpaired) electrons. The van der Waals surface area contributed by atoms with Crippen LogP contribution >= 0.6 is 0 Å². The molecule has 0 heterocycles. The van der Waals surface area contributed by atoms with Crippen LogP contribution in [0.1, 0.15) is 18.4 Å². The third-order valence-corrected chi connectivity index (χ3v) is 2.76. The summed E-state index contributed by atoms with van der Waals surface area (Å²) >= 11 is 0. The summed E-state index contributed by atoms with van der Waals surface area (Å²) in [5.41, 5.74) is 6.42. The van der Waals surface area contributed by atoms with Crippen LogP contribution < -0.4 is 5.73 Å². The maximum absolute atomic E-state index is 12.7. The lowest BCUT2D eigenvalue weighted by atomic mass is 9.87. The second-order valence-corrected chi connectivity index (χ2v) is 3.71. The Hall–Kier alpha value is -1.42.